The summed E-state index contributed by atoms with van der Waals surface area (Å²) in [6.07, 6.45) is 2.03. The number of halogens is 3. The Balaban J connectivity index is 2.11. The van der Waals surface area contributed by atoms with Gasteiger partial charge in [-0.05, 0) is 44.0 Å². The summed E-state index contributed by atoms with van der Waals surface area (Å²) in [7, 11) is 0. The molecule has 1 aliphatic heterocycles. The van der Waals surface area contributed by atoms with Crippen LogP contribution in [-0.4, -0.2) is 18.9 Å². The molecule has 0 amide bonds. The van der Waals surface area contributed by atoms with Crippen LogP contribution in [0.15, 0.2) is 12.1 Å². The highest BCUT2D eigenvalue weighted by Gasteiger charge is 2.22. The summed E-state index contributed by atoms with van der Waals surface area (Å²) in [5, 5.41) is 3.15. The molecule has 1 aromatic rings. The van der Waals surface area contributed by atoms with Crippen LogP contribution in [0.1, 0.15) is 29.6 Å². The van der Waals surface area contributed by atoms with Crippen LogP contribution in [0.25, 0.3) is 0 Å². The third kappa shape index (κ3) is 2.72. The topological polar surface area (TPSA) is 29.1 Å². The van der Waals surface area contributed by atoms with Crippen LogP contribution in [0.5, 0.6) is 0 Å². The largest absolute Gasteiger partial charge is 0.316 e. The number of nitrogens with one attached hydrogen (secondary N) is 1. The lowest BCUT2D eigenvalue weighted by Crippen LogP contribution is -2.31. The second kappa shape index (κ2) is 5.52. The highest BCUT2D eigenvalue weighted by molar-refractivity contribution is 5.96. The van der Waals surface area contributed by atoms with E-state index >= 15 is 0 Å². The molecule has 2 rings (SSSR count). The summed E-state index contributed by atoms with van der Waals surface area (Å²) < 4.78 is 39.2. The van der Waals surface area contributed by atoms with E-state index < -0.39 is 23.2 Å². The third-order valence-corrected chi connectivity index (χ3v) is 3.21. The highest BCUT2D eigenvalue weighted by Crippen LogP contribution is 2.21. The van der Waals surface area contributed by atoms with Gasteiger partial charge in [-0.15, -0.1) is 0 Å². The summed E-state index contributed by atoms with van der Waals surface area (Å²) in [5.41, 5.74) is -0.362. The number of ketones is 1. The number of hydrogen-bond donors (Lipinski definition) is 1. The molecule has 0 aliphatic carbocycles. The average molecular weight is 257 g/mol. The molecule has 1 N–H and O–H groups in total. The van der Waals surface area contributed by atoms with Crippen molar-refractivity contribution in [3.05, 3.63) is 35.1 Å². The first-order valence-corrected chi connectivity index (χ1v) is 5.97. The smallest absolute Gasteiger partial charge is 0.195 e. The fraction of sp³-hybridized carbons (Fsp3) is 0.462. The predicted octanol–water partition coefficient (Wildman–Crippen LogP) is 2.68. The monoisotopic (exact) mass is 257 g/mol. The molecule has 98 valence electrons. The molecule has 1 fully saturated rings. The van der Waals surface area contributed by atoms with Gasteiger partial charge in [0.25, 0.3) is 0 Å². The van der Waals surface area contributed by atoms with Gasteiger partial charge in [0.05, 0.1) is 5.56 Å². The Hall–Kier alpha value is -1.36. The molecule has 0 bridgehead atoms. The molecule has 18 heavy (non-hydrogen) atoms. The first-order chi connectivity index (χ1) is 8.59. The van der Waals surface area contributed by atoms with Crippen molar-refractivity contribution in [2.24, 2.45) is 5.92 Å². The van der Waals surface area contributed by atoms with E-state index in [-0.39, 0.29) is 17.9 Å². The maximum atomic E-state index is 13.4. The van der Waals surface area contributed by atoms with E-state index in [0.29, 0.717) is 6.54 Å². The van der Waals surface area contributed by atoms with Crippen LogP contribution in [0.4, 0.5) is 13.2 Å². The summed E-state index contributed by atoms with van der Waals surface area (Å²) in [5.74, 6) is -4.58. The minimum Gasteiger partial charge on any atom is -0.316 e. The zero-order valence-corrected chi connectivity index (χ0v) is 9.81. The lowest BCUT2D eigenvalue weighted by molar-refractivity contribution is 0.0948. The van der Waals surface area contributed by atoms with Gasteiger partial charge in [0, 0.05) is 6.42 Å². The van der Waals surface area contributed by atoms with Crippen LogP contribution in [-0.2, 0) is 0 Å². The maximum absolute atomic E-state index is 13.4. The average Bonchev–Trinajstić information content (AvgIpc) is 2.37. The summed E-state index contributed by atoms with van der Waals surface area (Å²) >= 11 is 0. The van der Waals surface area contributed by atoms with Crippen molar-refractivity contribution in [3.63, 3.8) is 0 Å². The Kier molecular flexibility index (Phi) is 4.01. The van der Waals surface area contributed by atoms with Crippen LogP contribution in [0.2, 0.25) is 0 Å². The fourth-order valence-electron chi connectivity index (χ4n) is 2.21. The van der Waals surface area contributed by atoms with Crippen LogP contribution >= 0.6 is 0 Å². The molecule has 0 radical (unpaired) electrons. The van der Waals surface area contributed by atoms with Crippen LogP contribution in [0.3, 0.4) is 0 Å². The van der Waals surface area contributed by atoms with Crippen molar-refractivity contribution in [2.75, 3.05) is 13.1 Å². The molecule has 2 nitrogen and oxygen atoms in total. The van der Waals surface area contributed by atoms with Gasteiger partial charge in [0.1, 0.15) is 0 Å². The van der Waals surface area contributed by atoms with Gasteiger partial charge in [0.15, 0.2) is 23.2 Å². The Bertz CT molecular complexity index is 456. The molecule has 1 saturated heterocycles. The third-order valence-electron chi connectivity index (χ3n) is 3.21. The van der Waals surface area contributed by atoms with Crippen LogP contribution < -0.4 is 5.32 Å². The summed E-state index contributed by atoms with van der Waals surface area (Å²) in [6, 6.07) is 1.79. The van der Waals surface area contributed by atoms with Gasteiger partial charge in [-0.2, -0.15) is 0 Å². The lowest BCUT2D eigenvalue weighted by Gasteiger charge is -2.22. The zero-order chi connectivity index (χ0) is 13.1. The zero-order valence-electron chi connectivity index (χ0n) is 9.81. The Morgan fingerprint density at radius 1 is 1.28 bits per heavy atom. The second-order valence-electron chi connectivity index (χ2n) is 4.56. The quantitative estimate of drug-likeness (QED) is 0.666. The number of rotatable bonds is 3. The fourth-order valence-corrected chi connectivity index (χ4v) is 2.21. The molecule has 0 spiro atoms. The molecule has 1 heterocycles. The minimum atomic E-state index is -1.58. The Labute approximate surface area is 103 Å². The van der Waals surface area contributed by atoms with Crippen molar-refractivity contribution >= 4 is 5.78 Å². The summed E-state index contributed by atoms with van der Waals surface area (Å²) in [4.78, 5) is 11.8. The number of Topliss-reactive ketones (excluding diaryl/α,β-unsaturated/α-hetero) is 1. The van der Waals surface area contributed by atoms with Crippen molar-refractivity contribution in [1.82, 2.24) is 5.32 Å². The molecular weight excluding hydrogens is 243 g/mol. The van der Waals surface area contributed by atoms with E-state index in [1.165, 1.54) is 0 Å². The standard InChI is InChI=1S/C13H14F3NO/c14-10-4-3-9(12(15)13(10)16)11(18)6-8-2-1-5-17-7-8/h3-4,8,17H,1-2,5-7H2. The SMILES string of the molecule is O=C(CC1CCCNC1)c1ccc(F)c(F)c1F. The number of benzene rings is 1. The number of carbonyl (C=O) groups is 1. The Morgan fingerprint density at radius 3 is 2.72 bits per heavy atom. The molecular formula is C13H14F3NO. The first kappa shape index (κ1) is 13.1. The molecule has 5 heteroatoms. The molecule has 0 saturated carbocycles. The van der Waals surface area contributed by atoms with Gasteiger partial charge < -0.3 is 5.32 Å². The van der Waals surface area contributed by atoms with Gasteiger partial charge in [-0.1, -0.05) is 0 Å². The van der Waals surface area contributed by atoms with E-state index in [1.54, 1.807) is 0 Å². The maximum Gasteiger partial charge on any atom is 0.195 e. The normalized spacial score (nSPS) is 19.8. The molecule has 1 aliphatic rings. The molecule has 1 aromatic carbocycles. The first-order valence-electron chi connectivity index (χ1n) is 5.97. The number of hydrogen-bond acceptors (Lipinski definition) is 2. The minimum absolute atomic E-state index is 0.138. The lowest BCUT2D eigenvalue weighted by atomic mass is 9.92. The van der Waals surface area contributed by atoms with Crippen molar-refractivity contribution in [1.29, 1.82) is 0 Å². The molecule has 0 aromatic heterocycles. The Morgan fingerprint density at radius 2 is 2.06 bits per heavy atom. The molecule has 1 atom stereocenters. The molecule has 1 unspecified atom stereocenters. The highest BCUT2D eigenvalue weighted by atomic mass is 19.2. The van der Waals surface area contributed by atoms with Crippen molar-refractivity contribution in [2.45, 2.75) is 19.3 Å². The van der Waals surface area contributed by atoms with Gasteiger partial charge in [-0.25, -0.2) is 13.2 Å². The van der Waals surface area contributed by atoms with Gasteiger partial charge in [0.2, 0.25) is 0 Å². The van der Waals surface area contributed by atoms with Gasteiger partial charge >= 0.3 is 0 Å². The van der Waals surface area contributed by atoms with E-state index in [2.05, 4.69) is 5.32 Å². The van der Waals surface area contributed by atoms with E-state index in [9.17, 15) is 18.0 Å². The second-order valence-corrected chi connectivity index (χ2v) is 4.56. The summed E-state index contributed by atoms with van der Waals surface area (Å²) in [6.45, 7) is 1.63. The number of piperidine rings is 1. The van der Waals surface area contributed by atoms with Crippen LogP contribution in [0, 0.1) is 23.4 Å². The van der Waals surface area contributed by atoms with Gasteiger partial charge in [-0.3, -0.25) is 4.79 Å². The van der Waals surface area contributed by atoms with E-state index in [0.717, 1.165) is 31.5 Å². The van der Waals surface area contributed by atoms with E-state index in [1.807, 2.05) is 0 Å². The predicted molar refractivity (Wildman–Crippen MR) is 60.9 cm³/mol. The van der Waals surface area contributed by atoms with E-state index in [4.69, 9.17) is 0 Å². The number of carbonyl (C=O) groups excluding carboxylic acids is 1. The van der Waals surface area contributed by atoms with Crippen molar-refractivity contribution in [3.8, 4) is 0 Å². The van der Waals surface area contributed by atoms with Crippen molar-refractivity contribution < 1.29 is 18.0 Å².